The van der Waals surface area contributed by atoms with Crippen LogP contribution < -0.4 is 20.7 Å². The van der Waals surface area contributed by atoms with Crippen LogP contribution in [0.1, 0.15) is 36.5 Å². The van der Waals surface area contributed by atoms with Crippen molar-refractivity contribution in [2.45, 2.75) is 26.2 Å². The summed E-state index contributed by atoms with van der Waals surface area (Å²) < 4.78 is 5.39. The maximum Gasteiger partial charge on any atom is 0.257 e. The molecule has 1 fully saturated rings. The first-order chi connectivity index (χ1) is 14.1. The van der Waals surface area contributed by atoms with Crippen molar-refractivity contribution in [2.24, 2.45) is 11.8 Å². The summed E-state index contributed by atoms with van der Waals surface area (Å²) in [6.07, 6.45) is 5.84. The highest BCUT2D eigenvalue weighted by molar-refractivity contribution is 6.05. The number of carbonyl (C=O) groups excluding carboxylic acids is 2. The molecular weight excluding hydrogens is 439 g/mol. The Balaban J connectivity index is 0.00000240. The number of hydrogen-bond donors (Lipinski definition) is 3. The Hall–Kier alpha value is -2.35. The maximum atomic E-state index is 12.5. The van der Waals surface area contributed by atoms with E-state index in [1.807, 2.05) is 0 Å². The minimum absolute atomic E-state index is 0. The molecule has 31 heavy (non-hydrogen) atoms. The first kappa shape index (κ1) is 26.7. The number of anilines is 2. The number of halogens is 2. The Kier molecular flexibility index (Phi) is 11.3. The van der Waals surface area contributed by atoms with E-state index in [9.17, 15) is 9.59 Å². The van der Waals surface area contributed by atoms with Crippen molar-refractivity contribution >= 4 is 48.0 Å². The molecule has 0 aliphatic carbocycles. The molecule has 1 unspecified atom stereocenters. The van der Waals surface area contributed by atoms with Crippen LogP contribution in [-0.2, 0) is 4.79 Å². The molecule has 0 spiro atoms. The number of benzene rings is 1. The SMILES string of the molecule is COc1cc(NC(=O)CC(C)C2CCNCC2)ccc1NC(=O)c1cccnc1.Cl.Cl. The highest BCUT2D eigenvalue weighted by Gasteiger charge is 2.22. The molecule has 1 aliphatic heterocycles. The number of amides is 2. The number of nitrogens with one attached hydrogen (secondary N) is 3. The van der Waals surface area contributed by atoms with Gasteiger partial charge in [0.2, 0.25) is 5.91 Å². The number of methoxy groups -OCH3 is 1. The van der Waals surface area contributed by atoms with Crippen molar-refractivity contribution < 1.29 is 14.3 Å². The smallest absolute Gasteiger partial charge is 0.257 e. The van der Waals surface area contributed by atoms with Crippen molar-refractivity contribution in [1.29, 1.82) is 0 Å². The number of rotatable bonds is 7. The number of hydrogen-bond acceptors (Lipinski definition) is 5. The molecule has 1 aromatic carbocycles. The van der Waals surface area contributed by atoms with Gasteiger partial charge in [-0.25, -0.2) is 0 Å². The van der Waals surface area contributed by atoms with Crippen molar-refractivity contribution in [1.82, 2.24) is 10.3 Å². The molecule has 2 heterocycles. The van der Waals surface area contributed by atoms with Crippen molar-refractivity contribution in [3.05, 3.63) is 48.3 Å². The molecule has 170 valence electrons. The Morgan fingerprint density at radius 3 is 2.58 bits per heavy atom. The number of pyridine rings is 1. The van der Waals surface area contributed by atoms with Gasteiger partial charge in [0.05, 0.1) is 18.4 Å². The molecule has 3 rings (SSSR count). The first-order valence-corrected chi connectivity index (χ1v) is 9.97. The summed E-state index contributed by atoms with van der Waals surface area (Å²) in [5.74, 6) is 1.12. The summed E-state index contributed by atoms with van der Waals surface area (Å²) in [6, 6.07) is 8.59. The molecule has 3 N–H and O–H groups in total. The molecule has 2 amide bonds. The van der Waals surface area contributed by atoms with Crippen LogP contribution in [0, 0.1) is 11.8 Å². The zero-order valence-electron chi connectivity index (χ0n) is 17.7. The number of aromatic nitrogens is 1. The molecule has 1 saturated heterocycles. The van der Waals surface area contributed by atoms with Crippen LogP contribution in [0.15, 0.2) is 42.7 Å². The fourth-order valence-corrected chi connectivity index (χ4v) is 3.65. The number of piperidine rings is 1. The summed E-state index contributed by atoms with van der Waals surface area (Å²) >= 11 is 0. The van der Waals surface area contributed by atoms with Gasteiger partial charge in [0.15, 0.2) is 0 Å². The summed E-state index contributed by atoms with van der Waals surface area (Å²) in [5, 5.41) is 9.11. The maximum absolute atomic E-state index is 12.5. The van der Waals surface area contributed by atoms with Crippen LogP contribution in [0.5, 0.6) is 5.75 Å². The summed E-state index contributed by atoms with van der Waals surface area (Å²) in [6.45, 7) is 4.20. The van der Waals surface area contributed by atoms with E-state index in [0.29, 0.717) is 40.9 Å². The predicted molar refractivity (Wildman–Crippen MR) is 128 cm³/mol. The standard InChI is InChI=1S/C22H28N4O3.2ClH/c1-15(16-7-10-23-11-8-16)12-21(27)25-18-5-6-19(20(13-18)29-2)26-22(28)17-4-3-9-24-14-17;;/h3-6,9,13-16,23H,7-8,10-12H2,1-2H3,(H,25,27)(H,26,28);2*1H. The van der Waals surface area contributed by atoms with E-state index >= 15 is 0 Å². The third-order valence-electron chi connectivity index (χ3n) is 5.35. The second-order valence-corrected chi connectivity index (χ2v) is 7.43. The van der Waals surface area contributed by atoms with Gasteiger partial charge in [0.1, 0.15) is 5.75 Å². The van der Waals surface area contributed by atoms with Crippen LogP contribution in [0.2, 0.25) is 0 Å². The monoisotopic (exact) mass is 468 g/mol. The van der Waals surface area contributed by atoms with E-state index in [2.05, 4.69) is 27.9 Å². The zero-order valence-corrected chi connectivity index (χ0v) is 19.4. The van der Waals surface area contributed by atoms with Gasteiger partial charge in [-0.3, -0.25) is 14.6 Å². The quantitative estimate of drug-likeness (QED) is 0.567. The van der Waals surface area contributed by atoms with Gasteiger partial charge in [0.25, 0.3) is 5.91 Å². The number of carbonyl (C=O) groups is 2. The molecule has 7 nitrogen and oxygen atoms in total. The number of nitrogens with zero attached hydrogens (tertiary/aromatic N) is 1. The predicted octanol–water partition coefficient (Wildman–Crippen LogP) is 4.15. The highest BCUT2D eigenvalue weighted by Crippen LogP contribution is 2.29. The number of ether oxygens (including phenoxy) is 1. The molecule has 1 atom stereocenters. The Labute approximate surface area is 195 Å². The van der Waals surface area contributed by atoms with E-state index < -0.39 is 0 Å². The van der Waals surface area contributed by atoms with Gasteiger partial charge in [-0.05, 0) is 62.0 Å². The van der Waals surface area contributed by atoms with Gasteiger partial charge in [-0.1, -0.05) is 6.92 Å². The van der Waals surface area contributed by atoms with Crippen LogP contribution in [0.4, 0.5) is 11.4 Å². The van der Waals surface area contributed by atoms with Gasteiger partial charge in [-0.15, -0.1) is 24.8 Å². The Morgan fingerprint density at radius 2 is 1.94 bits per heavy atom. The molecule has 1 aromatic heterocycles. The normalized spacial score (nSPS) is 14.4. The molecular formula is C22H30Cl2N4O3. The van der Waals surface area contributed by atoms with E-state index in [1.54, 1.807) is 36.5 Å². The van der Waals surface area contributed by atoms with E-state index in [-0.39, 0.29) is 36.6 Å². The molecule has 1 aliphatic rings. The first-order valence-electron chi connectivity index (χ1n) is 9.97. The van der Waals surface area contributed by atoms with Gasteiger partial charge in [-0.2, -0.15) is 0 Å². The van der Waals surface area contributed by atoms with Gasteiger partial charge in [0, 0.05) is 30.6 Å². The van der Waals surface area contributed by atoms with Crippen molar-refractivity contribution in [3.63, 3.8) is 0 Å². The summed E-state index contributed by atoms with van der Waals surface area (Å²) in [7, 11) is 1.53. The van der Waals surface area contributed by atoms with E-state index in [4.69, 9.17) is 4.74 Å². The fraction of sp³-hybridized carbons (Fsp3) is 0.409. The molecule has 0 bridgehead atoms. The zero-order chi connectivity index (χ0) is 20.6. The molecule has 9 heteroatoms. The average Bonchev–Trinajstić information content (AvgIpc) is 2.75. The lowest BCUT2D eigenvalue weighted by Gasteiger charge is -2.27. The van der Waals surface area contributed by atoms with Gasteiger partial charge >= 0.3 is 0 Å². The molecule has 0 saturated carbocycles. The minimum Gasteiger partial charge on any atom is -0.494 e. The van der Waals surface area contributed by atoms with Crippen LogP contribution in [0.3, 0.4) is 0 Å². The minimum atomic E-state index is -0.274. The molecule has 2 aromatic rings. The fourth-order valence-electron chi connectivity index (χ4n) is 3.65. The van der Waals surface area contributed by atoms with Crippen molar-refractivity contribution in [3.8, 4) is 5.75 Å². The third kappa shape index (κ3) is 7.69. The van der Waals surface area contributed by atoms with Crippen LogP contribution in [0.25, 0.3) is 0 Å². The second-order valence-electron chi connectivity index (χ2n) is 7.43. The summed E-state index contributed by atoms with van der Waals surface area (Å²) in [5.41, 5.74) is 1.63. The highest BCUT2D eigenvalue weighted by atomic mass is 35.5. The van der Waals surface area contributed by atoms with Crippen molar-refractivity contribution in [2.75, 3.05) is 30.8 Å². The van der Waals surface area contributed by atoms with E-state index in [0.717, 1.165) is 25.9 Å². The van der Waals surface area contributed by atoms with Gasteiger partial charge < -0.3 is 20.7 Å². The lowest BCUT2D eigenvalue weighted by atomic mass is 9.84. The van der Waals surface area contributed by atoms with Crippen LogP contribution >= 0.6 is 24.8 Å². The molecule has 0 radical (unpaired) electrons. The lowest BCUT2D eigenvalue weighted by Crippen LogP contribution is -2.32. The van der Waals surface area contributed by atoms with E-state index in [1.165, 1.54) is 13.3 Å². The topological polar surface area (TPSA) is 92.4 Å². The average molecular weight is 469 g/mol. The second kappa shape index (κ2) is 13.1. The van der Waals surface area contributed by atoms with Crippen LogP contribution in [-0.4, -0.2) is 37.0 Å². The lowest BCUT2D eigenvalue weighted by molar-refractivity contribution is -0.117. The summed E-state index contributed by atoms with van der Waals surface area (Å²) in [4.78, 5) is 28.8. The Bertz CT molecular complexity index is 846. The Morgan fingerprint density at radius 1 is 1.19 bits per heavy atom. The third-order valence-corrected chi connectivity index (χ3v) is 5.35. The largest absolute Gasteiger partial charge is 0.494 e.